The first-order valence-electron chi connectivity index (χ1n) is 5.15. The summed E-state index contributed by atoms with van der Waals surface area (Å²) in [7, 11) is 0. The average Bonchev–Trinajstić information content (AvgIpc) is 2.74. The summed E-state index contributed by atoms with van der Waals surface area (Å²) < 4.78 is 37.6. The summed E-state index contributed by atoms with van der Waals surface area (Å²) in [6, 6.07) is 6.74. The van der Waals surface area contributed by atoms with Gasteiger partial charge < -0.3 is 5.73 Å². The molecule has 2 N–H and O–H groups in total. The summed E-state index contributed by atoms with van der Waals surface area (Å²) in [6.07, 6.45) is -5.23. The first-order valence-corrected chi connectivity index (χ1v) is 5.15. The number of tetrazole rings is 1. The molecule has 0 spiro atoms. The van der Waals surface area contributed by atoms with Crippen LogP contribution in [0.3, 0.4) is 0 Å². The van der Waals surface area contributed by atoms with Crippen LogP contribution in [0, 0.1) is 0 Å². The van der Waals surface area contributed by atoms with Crippen LogP contribution in [0.2, 0.25) is 0 Å². The molecule has 0 aliphatic carbocycles. The molecular formula is C10H10F3N5. The highest BCUT2D eigenvalue weighted by atomic mass is 19.4. The van der Waals surface area contributed by atoms with Crippen molar-refractivity contribution in [2.75, 3.05) is 5.73 Å². The van der Waals surface area contributed by atoms with E-state index in [2.05, 4.69) is 15.5 Å². The Hall–Kier alpha value is -2.12. The number of nitrogen functional groups attached to an aromatic ring is 1. The molecule has 1 aromatic carbocycles. The van der Waals surface area contributed by atoms with Crippen molar-refractivity contribution in [2.24, 2.45) is 0 Å². The van der Waals surface area contributed by atoms with E-state index in [0.29, 0.717) is 11.3 Å². The molecule has 18 heavy (non-hydrogen) atoms. The van der Waals surface area contributed by atoms with Crippen molar-refractivity contribution < 1.29 is 13.2 Å². The van der Waals surface area contributed by atoms with E-state index < -0.39 is 12.6 Å². The van der Waals surface area contributed by atoms with Crippen LogP contribution in [-0.2, 0) is 6.54 Å². The minimum Gasteiger partial charge on any atom is -0.398 e. The lowest BCUT2D eigenvalue weighted by atomic mass is 10.1. The van der Waals surface area contributed by atoms with Gasteiger partial charge in [0.2, 0.25) is 0 Å². The lowest BCUT2D eigenvalue weighted by Crippen LogP contribution is -2.14. The average molecular weight is 257 g/mol. The Morgan fingerprint density at radius 1 is 1.22 bits per heavy atom. The molecule has 1 aromatic heterocycles. The number of halogens is 3. The first-order chi connectivity index (χ1) is 8.47. The summed E-state index contributed by atoms with van der Waals surface area (Å²) in [6.45, 7) is -0.333. The van der Waals surface area contributed by atoms with Gasteiger partial charge in [-0.25, -0.2) is 4.68 Å². The summed E-state index contributed by atoms with van der Waals surface area (Å²) >= 11 is 0. The molecule has 0 saturated heterocycles. The van der Waals surface area contributed by atoms with Gasteiger partial charge in [0.15, 0.2) is 5.82 Å². The van der Waals surface area contributed by atoms with E-state index in [1.807, 2.05) is 0 Å². The van der Waals surface area contributed by atoms with E-state index >= 15 is 0 Å². The number of para-hydroxylation sites is 1. The van der Waals surface area contributed by atoms with Gasteiger partial charge in [-0.3, -0.25) is 0 Å². The third-order valence-electron chi connectivity index (χ3n) is 2.34. The summed E-state index contributed by atoms with van der Waals surface area (Å²) in [5, 5.41) is 10.6. The second kappa shape index (κ2) is 4.63. The van der Waals surface area contributed by atoms with Crippen molar-refractivity contribution in [1.29, 1.82) is 0 Å². The van der Waals surface area contributed by atoms with Crippen molar-refractivity contribution >= 4 is 5.69 Å². The third-order valence-corrected chi connectivity index (χ3v) is 2.34. The molecule has 0 atom stereocenters. The predicted octanol–water partition coefficient (Wildman–Crippen LogP) is 1.87. The molecule has 0 saturated carbocycles. The van der Waals surface area contributed by atoms with Crippen LogP contribution < -0.4 is 5.73 Å². The predicted molar refractivity (Wildman–Crippen MR) is 58.3 cm³/mol. The van der Waals surface area contributed by atoms with Gasteiger partial charge in [0, 0.05) is 11.3 Å². The lowest BCUT2D eigenvalue weighted by Gasteiger charge is -2.08. The highest BCUT2D eigenvalue weighted by molar-refractivity contribution is 5.70. The second-order valence-corrected chi connectivity index (χ2v) is 3.68. The molecule has 0 unspecified atom stereocenters. The van der Waals surface area contributed by atoms with Crippen molar-refractivity contribution in [1.82, 2.24) is 20.2 Å². The molecule has 2 rings (SSSR count). The van der Waals surface area contributed by atoms with Gasteiger partial charge in [-0.05, 0) is 22.6 Å². The maximum absolute atomic E-state index is 12.2. The zero-order valence-corrected chi connectivity index (χ0v) is 9.22. The van der Waals surface area contributed by atoms with E-state index in [4.69, 9.17) is 5.73 Å². The molecule has 0 amide bonds. The zero-order valence-electron chi connectivity index (χ0n) is 9.22. The quantitative estimate of drug-likeness (QED) is 0.852. The number of aromatic nitrogens is 4. The molecular weight excluding hydrogens is 247 g/mol. The van der Waals surface area contributed by atoms with Gasteiger partial charge in [-0.1, -0.05) is 12.1 Å². The number of benzene rings is 1. The van der Waals surface area contributed by atoms with Crippen molar-refractivity contribution in [2.45, 2.75) is 19.1 Å². The minimum atomic E-state index is -4.24. The Kier molecular flexibility index (Phi) is 3.17. The Bertz CT molecular complexity index is 534. The molecule has 0 radical (unpaired) electrons. The fraction of sp³-hybridized carbons (Fsp3) is 0.300. The number of nitrogens with two attached hydrogens (primary N) is 1. The van der Waals surface area contributed by atoms with Gasteiger partial charge in [-0.15, -0.1) is 5.10 Å². The molecule has 0 aliphatic heterocycles. The summed E-state index contributed by atoms with van der Waals surface area (Å²) in [5.74, 6) is 0.234. The Morgan fingerprint density at radius 3 is 2.61 bits per heavy atom. The second-order valence-electron chi connectivity index (χ2n) is 3.68. The highest BCUT2D eigenvalue weighted by Gasteiger charge is 2.27. The Morgan fingerprint density at radius 2 is 1.94 bits per heavy atom. The topological polar surface area (TPSA) is 69.6 Å². The van der Waals surface area contributed by atoms with Gasteiger partial charge in [-0.2, -0.15) is 13.2 Å². The minimum absolute atomic E-state index is 0.234. The van der Waals surface area contributed by atoms with Crippen LogP contribution in [0.25, 0.3) is 11.4 Å². The fourth-order valence-corrected chi connectivity index (χ4v) is 1.48. The molecule has 0 aliphatic rings. The number of nitrogens with zero attached hydrogens (tertiary/aromatic N) is 4. The van der Waals surface area contributed by atoms with E-state index in [1.165, 1.54) is 0 Å². The highest BCUT2D eigenvalue weighted by Crippen LogP contribution is 2.25. The van der Waals surface area contributed by atoms with Gasteiger partial charge in [0.25, 0.3) is 0 Å². The van der Waals surface area contributed by atoms with Crippen LogP contribution in [0.15, 0.2) is 24.3 Å². The van der Waals surface area contributed by atoms with Crippen LogP contribution in [0.5, 0.6) is 0 Å². The van der Waals surface area contributed by atoms with Crippen molar-refractivity contribution in [3.8, 4) is 11.4 Å². The smallest absolute Gasteiger partial charge is 0.390 e. The molecule has 5 nitrogen and oxygen atoms in total. The van der Waals surface area contributed by atoms with Crippen LogP contribution in [0.1, 0.15) is 6.42 Å². The molecule has 2 aromatic rings. The van der Waals surface area contributed by atoms with E-state index in [-0.39, 0.29) is 12.4 Å². The Balaban J connectivity index is 2.26. The van der Waals surface area contributed by atoms with Gasteiger partial charge in [0.1, 0.15) is 0 Å². The number of rotatable bonds is 3. The van der Waals surface area contributed by atoms with Crippen molar-refractivity contribution in [3.63, 3.8) is 0 Å². The lowest BCUT2D eigenvalue weighted by molar-refractivity contribution is -0.137. The van der Waals surface area contributed by atoms with Crippen LogP contribution in [0.4, 0.5) is 18.9 Å². The fourth-order valence-electron chi connectivity index (χ4n) is 1.48. The molecule has 1 heterocycles. The molecule has 0 bridgehead atoms. The van der Waals surface area contributed by atoms with Crippen molar-refractivity contribution in [3.05, 3.63) is 24.3 Å². The normalized spacial score (nSPS) is 11.7. The van der Waals surface area contributed by atoms with Gasteiger partial charge >= 0.3 is 6.18 Å². The summed E-state index contributed by atoms with van der Waals surface area (Å²) in [4.78, 5) is 0. The van der Waals surface area contributed by atoms with E-state index in [0.717, 1.165) is 4.68 Å². The van der Waals surface area contributed by atoms with E-state index in [9.17, 15) is 13.2 Å². The van der Waals surface area contributed by atoms with E-state index in [1.54, 1.807) is 24.3 Å². The first kappa shape index (κ1) is 12.3. The number of aryl methyl sites for hydroxylation is 1. The number of alkyl halides is 3. The third kappa shape index (κ3) is 2.76. The molecule has 96 valence electrons. The zero-order chi connectivity index (χ0) is 13.2. The largest absolute Gasteiger partial charge is 0.398 e. The Labute approximate surface area is 100 Å². The number of hydrogen-bond donors (Lipinski definition) is 1. The summed E-state index contributed by atoms with van der Waals surface area (Å²) in [5.41, 5.74) is 6.67. The standard InChI is InChI=1S/C10H10F3N5/c11-10(12,13)5-6-18-9(15-16-17-18)7-3-1-2-4-8(7)14/h1-4H,5-6,14H2. The molecule has 8 heteroatoms. The maximum atomic E-state index is 12.2. The van der Waals surface area contributed by atoms with Gasteiger partial charge in [0.05, 0.1) is 13.0 Å². The number of anilines is 1. The number of hydrogen-bond acceptors (Lipinski definition) is 4. The monoisotopic (exact) mass is 257 g/mol. The van der Waals surface area contributed by atoms with Crippen LogP contribution in [-0.4, -0.2) is 26.4 Å². The maximum Gasteiger partial charge on any atom is 0.390 e. The SMILES string of the molecule is Nc1ccccc1-c1nnnn1CCC(F)(F)F. The molecule has 0 fully saturated rings. The van der Waals surface area contributed by atoms with Crippen LogP contribution >= 0.6 is 0 Å².